The minimum absolute atomic E-state index is 0.140. The Bertz CT molecular complexity index is 803. The van der Waals surface area contributed by atoms with Crippen molar-refractivity contribution in [2.45, 2.75) is 52.5 Å². The molecule has 2 atom stereocenters. The van der Waals surface area contributed by atoms with Crippen LogP contribution in [-0.2, 0) is 17.6 Å². The molecule has 1 N–H and O–H groups in total. The lowest BCUT2D eigenvalue weighted by molar-refractivity contribution is -0.136. The van der Waals surface area contributed by atoms with E-state index in [0.29, 0.717) is 23.6 Å². The summed E-state index contributed by atoms with van der Waals surface area (Å²) in [6.07, 6.45) is 3.70. The van der Waals surface area contributed by atoms with Crippen LogP contribution in [0.25, 0.3) is 0 Å². The second-order valence-corrected chi connectivity index (χ2v) is 7.09. The predicted molar refractivity (Wildman–Crippen MR) is 95.0 cm³/mol. The Hall–Kier alpha value is -2.50. The van der Waals surface area contributed by atoms with Gasteiger partial charge in [-0.1, -0.05) is 13.8 Å². The van der Waals surface area contributed by atoms with E-state index in [1.54, 1.807) is 6.92 Å². The van der Waals surface area contributed by atoms with Crippen LogP contribution in [0.2, 0.25) is 0 Å². The lowest BCUT2D eigenvalue weighted by atomic mass is 9.90. The third-order valence-corrected chi connectivity index (χ3v) is 5.06. The highest BCUT2D eigenvalue weighted by Crippen LogP contribution is 2.37. The van der Waals surface area contributed by atoms with Crippen LogP contribution in [0.1, 0.15) is 65.9 Å². The molecule has 2 aromatic heterocycles. The van der Waals surface area contributed by atoms with Crippen molar-refractivity contribution in [2.24, 2.45) is 5.92 Å². The average Bonchev–Trinajstić information content (AvgIpc) is 3.20. The molecule has 2 unspecified atom stereocenters. The van der Waals surface area contributed by atoms with Crippen molar-refractivity contribution in [3.05, 3.63) is 46.8 Å². The summed E-state index contributed by atoms with van der Waals surface area (Å²) in [5.74, 6) is 1.20. The third-order valence-electron chi connectivity index (χ3n) is 5.06. The molecule has 6 heteroatoms. The highest BCUT2D eigenvalue weighted by molar-refractivity contribution is 5.97. The summed E-state index contributed by atoms with van der Waals surface area (Å²) in [5, 5.41) is 9.09. The van der Waals surface area contributed by atoms with Crippen LogP contribution in [-0.4, -0.2) is 28.4 Å². The number of hydrogen-bond acceptors (Lipinski definition) is 4. The molecule has 26 heavy (non-hydrogen) atoms. The van der Waals surface area contributed by atoms with Gasteiger partial charge in [0.05, 0.1) is 17.9 Å². The van der Waals surface area contributed by atoms with Gasteiger partial charge in [-0.2, -0.15) is 0 Å². The van der Waals surface area contributed by atoms with Gasteiger partial charge in [0.15, 0.2) is 0 Å². The van der Waals surface area contributed by atoms with Gasteiger partial charge in [0.2, 0.25) is 0 Å². The van der Waals surface area contributed by atoms with Gasteiger partial charge in [0.25, 0.3) is 5.91 Å². The highest BCUT2D eigenvalue weighted by Gasteiger charge is 2.35. The first-order valence-electron chi connectivity index (χ1n) is 9.09. The molecule has 0 bridgehead atoms. The Labute approximate surface area is 152 Å². The molecule has 0 radical (unpaired) electrons. The minimum Gasteiger partial charge on any atom is -0.481 e. The van der Waals surface area contributed by atoms with Crippen molar-refractivity contribution >= 4 is 11.9 Å². The number of carboxylic acids is 1. The summed E-state index contributed by atoms with van der Waals surface area (Å²) >= 11 is 0. The van der Waals surface area contributed by atoms with E-state index in [1.807, 2.05) is 24.0 Å². The van der Waals surface area contributed by atoms with Crippen molar-refractivity contribution in [2.75, 3.05) is 6.54 Å². The summed E-state index contributed by atoms with van der Waals surface area (Å²) in [6, 6.07) is 3.76. The Morgan fingerprint density at radius 3 is 2.77 bits per heavy atom. The number of nitrogens with zero attached hydrogens (tertiary/aromatic N) is 1. The predicted octanol–water partition coefficient (Wildman–Crippen LogP) is 3.98. The zero-order valence-corrected chi connectivity index (χ0v) is 15.4. The maximum Gasteiger partial charge on any atom is 0.311 e. The SMILES string of the molecule is CCc1ccc(C2CC(C)CCN2C(=O)c2c(C)coc2CC(=O)O)o1. The second-order valence-electron chi connectivity index (χ2n) is 7.09. The number of aliphatic carboxylic acids is 1. The van der Waals surface area contributed by atoms with E-state index in [4.69, 9.17) is 13.9 Å². The number of carbonyl (C=O) groups is 2. The van der Waals surface area contributed by atoms with Crippen LogP contribution in [0.5, 0.6) is 0 Å². The maximum absolute atomic E-state index is 13.3. The highest BCUT2D eigenvalue weighted by atomic mass is 16.4. The zero-order chi connectivity index (χ0) is 18.8. The molecule has 140 valence electrons. The zero-order valence-electron chi connectivity index (χ0n) is 15.4. The summed E-state index contributed by atoms with van der Waals surface area (Å²) < 4.78 is 11.3. The number of hydrogen-bond donors (Lipinski definition) is 1. The van der Waals surface area contributed by atoms with Gasteiger partial charge in [0, 0.05) is 18.5 Å². The molecule has 6 nitrogen and oxygen atoms in total. The maximum atomic E-state index is 13.3. The van der Waals surface area contributed by atoms with Gasteiger partial charge in [-0.15, -0.1) is 0 Å². The number of carbonyl (C=O) groups excluding carboxylic acids is 1. The first kappa shape index (κ1) is 18.3. The molecule has 2 aromatic rings. The smallest absolute Gasteiger partial charge is 0.311 e. The standard InChI is InChI=1S/C20H25NO5/c1-4-14-5-6-16(26-14)15-9-12(2)7-8-21(15)20(24)19-13(3)11-25-17(19)10-18(22)23/h5-6,11-12,15H,4,7-10H2,1-3H3,(H,22,23). The molecule has 1 aliphatic rings. The third kappa shape index (κ3) is 3.54. The van der Waals surface area contributed by atoms with Crippen molar-refractivity contribution < 1.29 is 23.5 Å². The molecule has 1 aliphatic heterocycles. The van der Waals surface area contributed by atoms with E-state index < -0.39 is 5.97 Å². The van der Waals surface area contributed by atoms with Gasteiger partial charge in [-0.05, 0) is 37.8 Å². The van der Waals surface area contributed by atoms with E-state index in [1.165, 1.54) is 6.26 Å². The molecule has 0 aliphatic carbocycles. The topological polar surface area (TPSA) is 83.9 Å². The van der Waals surface area contributed by atoms with Gasteiger partial charge in [-0.3, -0.25) is 9.59 Å². The van der Waals surface area contributed by atoms with E-state index in [-0.39, 0.29) is 24.1 Å². The van der Waals surface area contributed by atoms with Gasteiger partial charge >= 0.3 is 5.97 Å². The Balaban J connectivity index is 1.93. The number of likely N-dealkylation sites (tertiary alicyclic amines) is 1. The molecule has 1 saturated heterocycles. The van der Waals surface area contributed by atoms with Crippen LogP contribution in [0.15, 0.2) is 27.2 Å². The van der Waals surface area contributed by atoms with E-state index in [2.05, 4.69) is 6.92 Å². The number of amides is 1. The molecule has 3 rings (SSSR count). The fraction of sp³-hybridized carbons (Fsp3) is 0.500. The van der Waals surface area contributed by atoms with Crippen LogP contribution in [0.3, 0.4) is 0 Å². The monoisotopic (exact) mass is 359 g/mol. The van der Waals surface area contributed by atoms with E-state index in [9.17, 15) is 9.59 Å². The molecular weight excluding hydrogens is 334 g/mol. The van der Waals surface area contributed by atoms with E-state index in [0.717, 1.165) is 30.8 Å². The summed E-state index contributed by atoms with van der Waals surface area (Å²) in [7, 11) is 0. The average molecular weight is 359 g/mol. The normalized spacial score (nSPS) is 20.3. The Morgan fingerprint density at radius 1 is 1.35 bits per heavy atom. The molecular formula is C20H25NO5. The lowest BCUT2D eigenvalue weighted by Gasteiger charge is -2.37. The first-order valence-corrected chi connectivity index (χ1v) is 9.09. The second kappa shape index (κ2) is 7.40. The Morgan fingerprint density at radius 2 is 2.12 bits per heavy atom. The molecule has 1 amide bonds. The summed E-state index contributed by atoms with van der Waals surface area (Å²) in [4.78, 5) is 26.2. The van der Waals surface area contributed by atoms with Gasteiger partial charge < -0.3 is 18.8 Å². The molecule has 1 fully saturated rings. The number of rotatable bonds is 5. The number of furan rings is 2. The van der Waals surface area contributed by atoms with E-state index >= 15 is 0 Å². The first-order chi connectivity index (χ1) is 12.4. The Kier molecular flexibility index (Phi) is 5.20. The quantitative estimate of drug-likeness (QED) is 0.873. The van der Waals surface area contributed by atoms with Crippen LogP contribution in [0, 0.1) is 12.8 Å². The molecule has 3 heterocycles. The van der Waals surface area contributed by atoms with Crippen molar-refractivity contribution in [1.29, 1.82) is 0 Å². The van der Waals surface area contributed by atoms with Gasteiger partial charge in [-0.25, -0.2) is 0 Å². The van der Waals surface area contributed by atoms with Crippen LogP contribution in [0.4, 0.5) is 0 Å². The van der Waals surface area contributed by atoms with Crippen LogP contribution >= 0.6 is 0 Å². The van der Waals surface area contributed by atoms with Crippen molar-refractivity contribution in [3.63, 3.8) is 0 Å². The fourth-order valence-electron chi connectivity index (χ4n) is 3.61. The molecule has 0 aromatic carbocycles. The summed E-state index contributed by atoms with van der Waals surface area (Å²) in [6.45, 7) is 6.59. The molecule has 0 spiro atoms. The lowest BCUT2D eigenvalue weighted by Crippen LogP contribution is -2.41. The van der Waals surface area contributed by atoms with Gasteiger partial charge in [0.1, 0.15) is 23.7 Å². The number of piperidine rings is 1. The van der Waals surface area contributed by atoms with Crippen molar-refractivity contribution in [1.82, 2.24) is 4.90 Å². The number of carboxylic acid groups (broad SMARTS) is 1. The van der Waals surface area contributed by atoms with Crippen molar-refractivity contribution in [3.8, 4) is 0 Å². The van der Waals surface area contributed by atoms with Crippen LogP contribution < -0.4 is 0 Å². The summed E-state index contributed by atoms with van der Waals surface area (Å²) in [5.41, 5.74) is 1.03. The minimum atomic E-state index is -1.02. The molecule has 0 saturated carbocycles. The number of aryl methyl sites for hydroxylation is 2. The fourth-order valence-corrected chi connectivity index (χ4v) is 3.61. The largest absolute Gasteiger partial charge is 0.481 e.